The molecule has 0 atom stereocenters. The van der Waals surface area contributed by atoms with Gasteiger partial charge in [-0.25, -0.2) is 4.79 Å². The minimum absolute atomic E-state index is 0.327. The van der Waals surface area contributed by atoms with Gasteiger partial charge >= 0.3 is 6.16 Å². The van der Waals surface area contributed by atoms with E-state index >= 15 is 0 Å². The van der Waals surface area contributed by atoms with Gasteiger partial charge in [0.05, 0.1) is 26.4 Å². The Hall–Kier alpha value is -0.810. The second-order valence-electron chi connectivity index (χ2n) is 2.69. The maximum Gasteiger partial charge on any atom is 0.508 e. The van der Waals surface area contributed by atoms with Crippen molar-refractivity contribution >= 4 is 6.16 Å². The van der Waals surface area contributed by atoms with Gasteiger partial charge in [-0.05, 0) is 13.8 Å². The van der Waals surface area contributed by atoms with Crippen LogP contribution < -0.4 is 0 Å². The van der Waals surface area contributed by atoms with Crippen molar-refractivity contribution in [1.29, 1.82) is 0 Å². The summed E-state index contributed by atoms with van der Waals surface area (Å²) in [5.41, 5.74) is 0. The second-order valence-corrected chi connectivity index (χ2v) is 2.69. The van der Waals surface area contributed by atoms with Gasteiger partial charge in [-0.1, -0.05) is 0 Å². The van der Waals surface area contributed by atoms with Crippen LogP contribution in [0.25, 0.3) is 0 Å². The molecule has 0 heterocycles. The minimum atomic E-state index is -0.619. The molecule has 0 spiro atoms. The average molecular weight is 220 g/mol. The number of ether oxygens (including phenoxy) is 4. The van der Waals surface area contributed by atoms with Gasteiger partial charge in [0.1, 0.15) is 0 Å². The van der Waals surface area contributed by atoms with Crippen LogP contribution in [0.5, 0.6) is 0 Å². The molecule has 0 aliphatic heterocycles. The number of carbonyl (C=O) groups is 1. The molecule has 0 fully saturated rings. The van der Waals surface area contributed by atoms with E-state index in [1.54, 1.807) is 6.92 Å². The summed E-state index contributed by atoms with van der Waals surface area (Å²) in [6.45, 7) is 6.78. The SMILES string of the molecule is CCOCCOCCCOC(=O)OCC. The Morgan fingerprint density at radius 2 is 1.60 bits per heavy atom. The number of carbonyl (C=O) groups excluding carboxylic acids is 1. The maximum atomic E-state index is 10.7. The summed E-state index contributed by atoms with van der Waals surface area (Å²) in [4.78, 5) is 10.7. The molecule has 0 saturated heterocycles. The van der Waals surface area contributed by atoms with Gasteiger partial charge in [0.25, 0.3) is 0 Å². The lowest BCUT2D eigenvalue weighted by Crippen LogP contribution is -2.11. The molecule has 0 N–H and O–H groups in total. The van der Waals surface area contributed by atoms with Crippen molar-refractivity contribution < 1.29 is 23.7 Å². The lowest BCUT2D eigenvalue weighted by Gasteiger charge is -2.05. The Kier molecular flexibility index (Phi) is 10.7. The van der Waals surface area contributed by atoms with Gasteiger partial charge < -0.3 is 18.9 Å². The van der Waals surface area contributed by atoms with E-state index in [9.17, 15) is 4.79 Å². The van der Waals surface area contributed by atoms with Crippen LogP contribution in [0.1, 0.15) is 20.3 Å². The second kappa shape index (κ2) is 11.3. The first-order valence-electron chi connectivity index (χ1n) is 5.26. The minimum Gasteiger partial charge on any atom is -0.435 e. The van der Waals surface area contributed by atoms with Crippen molar-refractivity contribution in [3.05, 3.63) is 0 Å². The third-order valence-corrected chi connectivity index (χ3v) is 1.49. The van der Waals surface area contributed by atoms with Crippen LogP contribution in [-0.2, 0) is 18.9 Å². The first kappa shape index (κ1) is 14.2. The molecule has 15 heavy (non-hydrogen) atoms. The fourth-order valence-corrected chi connectivity index (χ4v) is 0.840. The molecule has 0 amide bonds. The van der Waals surface area contributed by atoms with Crippen LogP contribution in [0.3, 0.4) is 0 Å². The summed E-state index contributed by atoms with van der Waals surface area (Å²) in [5, 5.41) is 0. The van der Waals surface area contributed by atoms with E-state index in [-0.39, 0.29) is 0 Å². The Morgan fingerprint density at radius 1 is 0.867 bits per heavy atom. The normalized spacial score (nSPS) is 10.0. The van der Waals surface area contributed by atoms with E-state index in [0.29, 0.717) is 46.1 Å². The van der Waals surface area contributed by atoms with E-state index < -0.39 is 6.16 Å². The number of hydrogen-bond donors (Lipinski definition) is 0. The maximum absolute atomic E-state index is 10.7. The van der Waals surface area contributed by atoms with Crippen LogP contribution in [0.15, 0.2) is 0 Å². The molecule has 0 aromatic carbocycles. The largest absolute Gasteiger partial charge is 0.508 e. The molecule has 0 aromatic heterocycles. The molecule has 0 unspecified atom stereocenters. The molecular weight excluding hydrogens is 200 g/mol. The number of hydrogen-bond acceptors (Lipinski definition) is 5. The standard InChI is InChI=1S/C10H20O5/c1-3-12-8-9-13-6-5-7-15-10(11)14-4-2/h3-9H2,1-2H3. The van der Waals surface area contributed by atoms with E-state index in [1.165, 1.54) is 0 Å². The Morgan fingerprint density at radius 3 is 2.27 bits per heavy atom. The molecule has 0 rings (SSSR count). The number of rotatable bonds is 9. The van der Waals surface area contributed by atoms with Gasteiger partial charge in [-0.3, -0.25) is 0 Å². The average Bonchev–Trinajstić information content (AvgIpc) is 2.22. The topological polar surface area (TPSA) is 54.0 Å². The fraction of sp³-hybridized carbons (Fsp3) is 0.900. The summed E-state index contributed by atoms with van der Waals surface area (Å²) in [5.74, 6) is 0. The van der Waals surface area contributed by atoms with Crippen molar-refractivity contribution in [3.63, 3.8) is 0 Å². The summed E-state index contributed by atoms with van der Waals surface area (Å²) >= 11 is 0. The Balaban J connectivity index is 3.01. The summed E-state index contributed by atoms with van der Waals surface area (Å²) in [6, 6.07) is 0. The lowest BCUT2D eigenvalue weighted by molar-refractivity contribution is 0.0325. The van der Waals surface area contributed by atoms with Gasteiger partial charge in [0.2, 0.25) is 0 Å². The zero-order valence-corrected chi connectivity index (χ0v) is 9.49. The van der Waals surface area contributed by atoms with Crippen molar-refractivity contribution in [2.24, 2.45) is 0 Å². The first-order chi connectivity index (χ1) is 7.31. The van der Waals surface area contributed by atoms with E-state index in [4.69, 9.17) is 14.2 Å². The van der Waals surface area contributed by atoms with Crippen LogP contribution in [0, 0.1) is 0 Å². The van der Waals surface area contributed by atoms with Crippen LogP contribution in [0.4, 0.5) is 4.79 Å². The monoisotopic (exact) mass is 220 g/mol. The molecule has 90 valence electrons. The molecular formula is C10H20O5. The third-order valence-electron chi connectivity index (χ3n) is 1.49. The van der Waals surface area contributed by atoms with Crippen LogP contribution in [0.2, 0.25) is 0 Å². The van der Waals surface area contributed by atoms with E-state index in [0.717, 1.165) is 0 Å². The quantitative estimate of drug-likeness (QED) is 0.436. The molecule has 5 nitrogen and oxygen atoms in total. The molecule has 0 bridgehead atoms. The van der Waals surface area contributed by atoms with Crippen molar-refractivity contribution in [1.82, 2.24) is 0 Å². The smallest absolute Gasteiger partial charge is 0.435 e. The van der Waals surface area contributed by atoms with Crippen molar-refractivity contribution in [3.8, 4) is 0 Å². The molecule has 0 aromatic rings. The summed E-state index contributed by atoms with van der Waals surface area (Å²) < 4.78 is 19.6. The first-order valence-corrected chi connectivity index (χ1v) is 5.26. The van der Waals surface area contributed by atoms with Gasteiger partial charge in [-0.15, -0.1) is 0 Å². The lowest BCUT2D eigenvalue weighted by atomic mass is 10.5. The summed E-state index contributed by atoms with van der Waals surface area (Å²) in [7, 11) is 0. The molecule has 0 saturated carbocycles. The highest BCUT2D eigenvalue weighted by Gasteiger charge is 2.00. The van der Waals surface area contributed by atoms with Gasteiger partial charge in [-0.2, -0.15) is 0 Å². The van der Waals surface area contributed by atoms with Crippen molar-refractivity contribution in [2.75, 3.05) is 39.6 Å². The Labute approximate surface area is 90.6 Å². The molecule has 0 radical (unpaired) electrons. The predicted octanol–water partition coefficient (Wildman–Crippen LogP) is 1.60. The highest BCUT2D eigenvalue weighted by atomic mass is 16.7. The molecule has 5 heteroatoms. The highest BCUT2D eigenvalue weighted by Crippen LogP contribution is 1.89. The zero-order chi connectivity index (χ0) is 11.4. The Bertz CT molecular complexity index is 149. The third kappa shape index (κ3) is 11.1. The van der Waals surface area contributed by atoms with Gasteiger partial charge in [0.15, 0.2) is 0 Å². The molecule has 0 aliphatic carbocycles. The summed E-state index contributed by atoms with van der Waals surface area (Å²) in [6.07, 6.45) is 0.0529. The van der Waals surface area contributed by atoms with Crippen molar-refractivity contribution in [2.45, 2.75) is 20.3 Å². The highest BCUT2D eigenvalue weighted by molar-refractivity contribution is 5.59. The van der Waals surface area contributed by atoms with Gasteiger partial charge in [0, 0.05) is 19.6 Å². The van der Waals surface area contributed by atoms with E-state index in [2.05, 4.69) is 4.74 Å². The predicted molar refractivity (Wildman–Crippen MR) is 54.9 cm³/mol. The van der Waals surface area contributed by atoms with Crippen LogP contribution >= 0.6 is 0 Å². The van der Waals surface area contributed by atoms with Crippen LogP contribution in [-0.4, -0.2) is 45.8 Å². The van der Waals surface area contributed by atoms with E-state index in [1.807, 2.05) is 6.92 Å². The zero-order valence-electron chi connectivity index (χ0n) is 9.49. The fourth-order valence-electron chi connectivity index (χ4n) is 0.840. The molecule has 0 aliphatic rings.